The second-order valence-electron chi connectivity index (χ2n) is 5.44. The summed E-state index contributed by atoms with van der Waals surface area (Å²) in [6, 6.07) is 9.94. The Labute approximate surface area is 181 Å². The fraction of sp³-hybridized carbons (Fsp3) is 0.316. The Morgan fingerprint density at radius 3 is 2.35 bits per heavy atom. The van der Waals surface area contributed by atoms with Crippen LogP contribution in [0.5, 0.6) is 17.2 Å². The number of rotatable bonds is 9. The van der Waals surface area contributed by atoms with Crippen LogP contribution in [0.3, 0.4) is 0 Å². The van der Waals surface area contributed by atoms with Crippen LogP contribution in [0, 0.1) is 7.14 Å². The van der Waals surface area contributed by atoms with E-state index in [-0.39, 0.29) is 0 Å². The molecule has 2 aromatic carbocycles. The summed E-state index contributed by atoms with van der Waals surface area (Å²) in [7, 11) is 3.26. The Hall–Kier alpha value is -1.23. The summed E-state index contributed by atoms with van der Waals surface area (Å²) in [6.45, 7) is 3.43. The lowest BCUT2D eigenvalue weighted by Gasteiger charge is -2.10. The largest absolute Gasteiger partial charge is 0.493 e. The van der Waals surface area contributed by atoms with Crippen molar-refractivity contribution in [3.63, 3.8) is 0 Å². The lowest BCUT2D eigenvalue weighted by Crippen LogP contribution is -2.06. The van der Waals surface area contributed by atoms with E-state index in [0.29, 0.717) is 18.0 Å². The molecule has 0 saturated heterocycles. The zero-order valence-electron chi connectivity index (χ0n) is 15.0. The van der Waals surface area contributed by atoms with Crippen LogP contribution in [0.25, 0.3) is 0 Å². The predicted molar refractivity (Wildman–Crippen MR) is 122 cm³/mol. The van der Waals surface area contributed by atoms with E-state index in [2.05, 4.69) is 74.8 Å². The smallest absolute Gasteiger partial charge is 0.161 e. The van der Waals surface area contributed by atoms with Crippen LogP contribution in [0.1, 0.15) is 24.5 Å². The molecule has 0 aliphatic rings. The third-order valence-corrected chi connectivity index (χ3v) is 5.11. The Morgan fingerprint density at radius 2 is 1.73 bits per heavy atom. The molecule has 0 heterocycles. The second-order valence-corrected chi connectivity index (χ2v) is 7.77. The van der Waals surface area contributed by atoms with Crippen LogP contribution in [0.15, 0.2) is 35.4 Å². The van der Waals surface area contributed by atoms with Gasteiger partial charge in [-0.05, 0) is 87.0 Å². The third-order valence-electron chi connectivity index (χ3n) is 3.51. The normalized spacial score (nSPS) is 10.8. The molecule has 0 saturated carbocycles. The number of ether oxygens (including phenoxy) is 3. The number of methoxy groups -OCH3 is 2. The molecule has 0 aliphatic carbocycles. The van der Waals surface area contributed by atoms with Gasteiger partial charge >= 0.3 is 0 Å². The molecule has 2 aromatic rings. The van der Waals surface area contributed by atoms with Gasteiger partial charge in [-0.15, -0.1) is 0 Å². The quantitative estimate of drug-likeness (QED) is 0.263. The van der Waals surface area contributed by atoms with E-state index in [1.165, 1.54) is 0 Å². The molecule has 0 spiro atoms. The molecule has 2 rings (SSSR count). The van der Waals surface area contributed by atoms with Gasteiger partial charge in [-0.2, -0.15) is 5.10 Å². The highest BCUT2D eigenvalue weighted by Crippen LogP contribution is 2.29. The van der Waals surface area contributed by atoms with Crippen molar-refractivity contribution in [3.05, 3.63) is 48.6 Å². The van der Waals surface area contributed by atoms with E-state index < -0.39 is 0 Å². The van der Waals surface area contributed by atoms with Gasteiger partial charge < -0.3 is 19.6 Å². The minimum atomic E-state index is 0.600. The molecule has 0 aliphatic heterocycles. The number of nitrogens with one attached hydrogen (secondary N) is 1. The molecule has 5 nitrogen and oxygen atoms in total. The van der Waals surface area contributed by atoms with Gasteiger partial charge in [-0.25, -0.2) is 0 Å². The van der Waals surface area contributed by atoms with Crippen molar-refractivity contribution >= 4 is 51.4 Å². The maximum absolute atomic E-state index is 5.80. The highest BCUT2D eigenvalue weighted by atomic mass is 127. The van der Waals surface area contributed by atoms with E-state index in [9.17, 15) is 0 Å². The SMILES string of the molecule is CCCOc1c(I)cc(/C=N/NCc2ccc(OC)c(OC)c2)cc1I. The van der Waals surface area contributed by atoms with Crippen LogP contribution in [-0.4, -0.2) is 27.0 Å². The van der Waals surface area contributed by atoms with Crippen LogP contribution in [-0.2, 0) is 6.54 Å². The standard InChI is InChI=1S/C19H22I2N2O3/c1-4-7-26-19-15(20)8-14(9-16(19)21)12-23-22-11-13-5-6-17(24-2)18(10-13)25-3/h5-6,8-10,12,22H,4,7,11H2,1-3H3/b23-12+. The van der Waals surface area contributed by atoms with Crippen molar-refractivity contribution in [1.82, 2.24) is 5.43 Å². The van der Waals surface area contributed by atoms with E-state index in [4.69, 9.17) is 14.2 Å². The Balaban J connectivity index is 1.98. The maximum atomic E-state index is 5.80. The molecule has 0 unspecified atom stereocenters. The van der Waals surface area contributed by atoms with Crippen molar-refractivity contribution in [2.24, 2.45) is 5.10 Å². The molecule has 140 valence electrons. The number of hydrogen-bond acceptors (Lipinski definition) is 5. The lowest BCUT2D eigenvalue weighted by molar-refractivity contribution is 0.313. The first-order chi connectivity index (χ1) is 12.6. The van der Waals surface area contributed by atoms with E-state index in [1.807, 2.05) is 24.4 Å². The highest BCUT2D eigenvalue weighted by molar-refractivity contribution is 14.1. The number of hydrazone groups is 1. The van der Waals surface area contributed by atoms with Crippen molar-refractivity contribution in [2.75, 3.05) is 20.8 Å². The van der Waals surface area contributed by atoms with Gasteiger partial charge in [0.15, 0.2) is 11.5 Å². The Bertz CT molecular complexity index is 743. The number of nitrogens with zero attached hydrogens (tertiary/aromatic N) is 1. The van der Waals surface area contributed by atoms with Crippen molar-refractivity contribution in [1.29, 1.82) is 0 Å². The zero-order chi connectivity index (χ0) is 18.9. The summed E-state index contributed by atoms with van der Waals surface area (Å²) in [5.74, 6) is 2.38. The van der Waals surface area contributed by atoms with Crippen molar-refractivity contribution in [3.8, 4) is 17.2 Å². The van der Waals surface area contributed by atoms with Gasteiger partial charge in [0.05, 0.1) is 40.7 Å². The number of benzene rings is 2. The van der Waals surface area contributed by atoms with Crippen LogP contribution in [0.2, 0.25) is 0 Å². The Kier molecular flexibility index (Phi) is 8.76. The molecule has 7 heteroatoms. The molecule has 0 atom stereocenters. The fourth-order valence-electron chi connectivity index (χ4n) is 2.24. The molecule has 0 fully saturated rings. The molecule has 0 aromatic heterocycles. The number of halogens is 2. The first kappa shape index (κ1) is 21.1. The van der Waals surface area contributed by atoms with Crippen LogP contribution in [0.4, 0.5) is 0 Å². The van der Waals surface area contributed by atoms with Gasteiger partial charge in [-0.3, -0.25) is 0 Å². The summed E-state index contributed by atoms with van der Waals surface area (Å²) >= 11 is 4.60. The fourth-order valence-corrected chi connectivity index (χ4v) is 4.37. The van der Waals surface area contributed by atoms with E-state index in [1.54, 1.807) is 14.2 Å². The zero-order valence-corrected chi connectivity index (χ0v) is 19.3. The summed E-state index contributed by atoms with van der Waals surface area (Å²) in [4.78, 5) is 0. The van der Waals surface area contributed by atoms with Gasteiger partial charge in [0.25, 0.3) is 0 Å². The predicted octanol–water partition coefficient (Wildman–Crippen LogP) is 4.83. The average molecular weight is 580 g/mol. The first-order valence-electron chi connectivity index (χ1n) is 8.17. The number of hydrogen-bond donors (Lipinski definition) is 1. The molecular weight excluding hydrogens is 558 g/mol. The average Bonchev–Trinajstić information content (AvgIpc) is 2.64. The first-order valence-corrected chi connectivity index (χ1v) is 10.3. The summed E-state index contributed by atoms with van der Waals surface area (Å²) in [5.41, 5.74) is 5.16. The molecule has 0 radical (unpaired) electrons. The van der Waals surface area contributed by atoms with Gasteiger partial charge in [0, 0.05) is 0 Å². The summed E-state index contributed by atoms with van der Waals surface area (Å²) < 4.78 is 18.5. The minimum absolute atomic E-state index is 0.600. The molecule has 1 N–H and O–H groups in total. The summed E-state index contributed by atoms with van der Waals surface area (Å²) in [5, 5.41) is 4.31. The van der Waals surface area contributed by atoms with E-state index in [0.717, 1.165) is 37.0 Å². The minimum Gasteiger partial charge on any atom is -0.493 e. The van der Waals surface area contributed by atoms with Crippen molar-refractivity contribution < 1.29 is 14.2 Å². The topological polar surface area (TPSA) is 52.1 Å². The summed E-state index contributed by atoms with van der Waals surface area (Å²) in [6.07, 6.45) is 2.81. The van der Waals surface area contributed by atoms with Gasteiger partial charge in [-0.1, -0.05) is 13.0 Å². The Morgan fingerprint density at radius 1 is 1.04 bits per heavy atom. The molecule has 0 bridgehead atoms. The second kappa shape index (κ2) is 10.8. The molecule has 0 amide bonds. The highest BCUT2D eigenvalue weighted by Gasteiger charge is 2.08. The maximum Gasteiger partial charge on any atom is 0.161 e. The van der Waals surface area contributed by atoms with Crippen LogP contribution >= 0.6 is 45.2 Å². The monoisotopic (exact) mass is 580 g/mol. The third kappa shape index (κ3) is 5.90. The van der Waals surface area contributed by atoms with Crippen molar-refractivity contribution in [2.45, 2.75) is 19.9 Å². The molecule has 26 heavy (non-hydrogen) atoms. The molecular formula is C19H22I2N2O3. The van der Waals surface area contributed by atoms with Gasteiger partial charge in [0.2, 0.25) is 0 Å². The van der Waals surface area contributed by atoms with Gasteiger partial charge in [0.1, 0.15) is 5.75 Å². The van der Waals surface area contributed by atoms with Crippen LogP contribution < -0.4 is 19.6 Å². The van der Waals surface area contributed by atoms with E-state index >= 15 is 0 Å². The lowest BCUT2D eigenvalue weighted by atomic mass is 10.2.